The van der Waals surface area contributed by atoms with Gasteiger partial charge in [-0.15, -0.1) is 0 Å². The van der Waals surface area contributed by atoms with E-state index in [0.717, 1.165) is 30.4 Å². The third-order valence-electron chi connectivity index (χ3n) is 5.73. The molecule has 9 nitrogen and oxygen atoms in total. The Morgan fingerprint density at radius 2 is 1.62 bits per heavy atom. The lowest BCUT2D eigenvalue weighted by Crippen LogP contribution is -2.57. The molecule has 3 amide bonds. The highest BCUT2D eigenvalue weighted by atomic mass is 16.5. The Bertz CT molecular complexity index is 985. The van der Waals surface area contributed by atoms with Crippen molar-refractivity contribution < 1.29 is 29.2 Å². The normalized spacial score (nSPS) is 12.4. The quantitative estimate of drug-likeness (QED) is 0.247. The number of hydrogen-bond donors (Lipinski definition) is 5. The number of benzene rings is 2. The van der Waals surface area contributed by atoms with Crippen LogP contribution < -0.4 is 16.0 Å². The number of aryl methyl sites for hydroxylation is 1. The zero-order chi connectivity index (χ0) is 27.2. The largest absolute Gasteiger partial charge is 0.475 e. The van der Waals surface area contributed by atoms with Gasteiger partial charge in [-0.25, -0.2) is 4.79 Å². The van der Waals surface area contributed by atoms with Crippen LogP contribution in [-0.2, 0) is 22.6 Å². The van der Waals surface area contributed by atoms with Crippen LogP contribution in [0, 0.1) is 5.92 Å². The summed E-state index contributed by atoms with van der Waals surface area (Å²) in [5.74, 6) is -2.01. The van der Waals surface area contributed by atoms with Crippen LogP contribution in [0.1, 0.15) is 61.5 Å². The molecular formula is C27H38BN3O6. The summed E-state index contributed by atoms with van der Waals surface area (Å²) in [4.78, 5) is 38.2. The maximum absolute atomic E-state index is 13.0. The van der Waals surface area contributed by atoms with Crippen molar-refractivity contribution in [2.45, 2.75) is 65.0 Å². The van der Waals surface area contributed by atoms with E-state index in [2.05, 4.69) is 22.9 Å². The van der Waals surface area contributed by atoms with Gasteiger partial charge in [0.25, 0.3) is 5.91 Å². The van der Waals surface area contributed by atoms with Crippen molar-refractivity contribution in [3.63, 3.8) is 0 Å². The molecule has 0 unspecified atom stereocenters. The number of carbonyl (C=O) groups is 3. The van der Waals surface area contributed by atoms with Crippen LogP contribution in [0.25, 0.3) is 0 Å². The molecule has 2 rings (SSSR count). The zero-order valence-corrected chi connectivity index (χ0v) is 21.8. The fourth-order valence-corrected chi connectivity index (χ4v) is 3.66. The van der Waals surface area contributed by atoms with E-state index in [1.165, 1.54) is 0 Å². The van der Waals surface area contributed by atoms with E-state index in [1.54, 1.807) is 12.1 Å². The topological polar surface area (TPSA) is 137 Å². The van der Waals surface area contributed by atoms with Gasteiger partial charge >= 0.3 is 13.2 Å². The third kappa shape index (κ3) is 11.1. The van der Waals surface area contributed by atoms with Crippen LogP contribution in [-0.4, -0.2) is 53.6 Å². The summed E-state index contributed by atoms with van der Waals surface area (Å²) >= 11 is 0. The van der Waals surface area contributed by atoms with Gasteiger partial charge in [0.1, 0.15) is 12.6 Å². The molecule has 0 aliphatic carbocycles. The molecule has 0 fully saturated rings. The Labute approximate surface area is 219 Å². The molecule has 0 radical (unpaired) electrons. The van der Waals surface area contributed by atoms with Crippen molar-refractivity contribution in [1.29, 1.82) is 0 Å². The van der Waals surface area contributed by atoms with E-state index in [0.29, 0.717) is 12.0 Å². The lowest BCUT2D eigenvalue weighted by molar-refractivity contribution is -0.123. The molecule has 0 spiro atoms. The molecule has 0 aromatic heterocycles. The Kier molecular flexibility index (Phi) is 12.7. The molecule has 10 heteroatoms. The fourth-order valence-electron chi connectivity index (χ4n) is 3.66. The van der Waals surface area contributed by atoms with Gasteiger partial charge in [-0.2, -0.15) is 0 Å². The first-order valence-electron chi connectivity index (χ1n) is 12.7. The van der Waals surface area contributed by atoms with Crippen LogP contribution in [0.3, 0.4) is 0 Å². The van der Waals surface area contributed by atoms with Gasteiger partial charge < -0.3 is 30.7 Å². The molecule has 0 heterocycles. The number of rotatable bonds is 14. The second kappa shape index (κ2) is 15.7. The standard InChI is InChI=1S/C27H38BN3O6/c1-4-5-9-20-12-14-22(15-13-20)25(32)30-23(26(33)31-24(28(35)36)16-19(2)3)17-29-27(34)37-18-21-10-7-6-8-11-21/h6-8,10-15,19,23-24,35-36H,4-5,9,16-18H2,1-3H3,(H,29,34)(H,30,32)(H,31,33)/t23-,24-/m0/s1. The number of hydrogen-bond acceptors (Lipinski definition) is 6. The Balaban J connectivity index is 2.06. The molecule has 2 aromatic rings. The summed E-state index contributed by atoms with van der Waals surface area (Å²) in [6.07, 6.45) is 2.60. The van der Waals surface area contributed by atoms with Crippen LogP contribution >= 0.6 is 0 Å². The molecule has 2 aromatic carbocycles. The monoisotopic (exact) mass is 511 g/mol. The summed E-state index contributed by atoms with van der Waals surface area (Å²) in [7, 11) is -1.78. The summed E-state index contributed by atoms with van der Waals surface area (Å²) in [5.41, 5.74) is 2.28. The number of amides is 3. The molecule has 0 aliphatic rings. The van der Waals surface area contributed by atoms with Gasteiger partial charge in [-0.1, -0.05) is 69.7 Å². The summed E-state index contributed by atoms with van der Waals surface area (Å²) in [5, 5.41) is 27.1. The first-order valence-corrected chi connectivity index (χ1v) is 12.7. The van der Waals surface area contributed by atoms with E-state index in [4.69, 9.17) is 4.74 Å². The first-order chi connectivity index (χ1) is 17.7. The lowest BCUT2D eigenvalue weighted by atomic mass is 9.75. The van der Waals surface area contributed by atoms with E-state index < -0.39 is 37.0 Å². The van der Waals surface area contributed by atoms with E-state index in [9.17, 15) is 24.4 Å². The summed E-state index contributed by atoms with van der Waals surface area (Å²) < 4.78 is 5.19. The molecule has 37 heavy (non-hydrogen) atoms. The maximum Gasteiger partial charge on any atom is 0.475 e. The molecular weight excluding hydrogens is 473 g/mol. The zero-order valence-electron chi connectivity index (χ0n) is 21.8. The number of unbranched alkanes of at least 4 members (excludes halogenated alkanes) is 1. The number of ether oxygens (including phenoxy) is 1. The van der Waals surface area contributed by atoms with Gasteiger partial charge in [0.2, 0.25) is 5.91 Å². The second-order valence-electron chi connectivity index (χ2n) is 9.43. The van der Waals surface area contributed by atoms with Crippen LogP contribution in [0.2, 0.25) is 0 Å². The van der Waals surface area contributed by atoms with Gasteiger partial charge in [-0.05, 0) is 48.4 Å². The average molecular weight is 511 g/mol. The van der Waals surface area contributed by atoms with Gasteiger partial charge in [0, 0.05) is 5.56 Å². The van der Waals surface area contributed by atoms with Crippen molar-refractivity contribution in [1.82, 2.24) is 16.0 Å². The predicted octanol–water partition coefficient (Wildman–Crippen LogP) is 2.60. The molecule has 0 bridgehead atoms. The number of nitrogens with one attached hydrogen (secondary N) is 3. The lowest BCUT2D eigenvalue weighted by Gasteiger charge is -2.24. The van der Waals surface area contributed by atoms with E-state index in [1.807, 2.05) is 56.3 Å². The predicted molar refractivity (Wildman–Crippen MR) is 143 cm³/mol. The second-order valence-corrected chi connectivity index (χ2v) is 9.43. The minimum absolute atomic E-state index is 0.0491. The number of alkyl carbamates (subject to hydrolysis) is 1. The molecule has 0 saturated carbocycles. The molecule has 2 atom stereocenters. The molecule has 0 aliphatic heterocycles. The highest BCUT2D eigenvalue weighted by Crippen LogP contribution is 2.09. The van der Waals surface area contributed by atoms with Crippen LogP contribution in [0.4, 0.5) is 4.79 Å². The molecule has 5 N–H and O–H groups in total. The van der Waals surface area contributed by atoms with Gasteiger partial charge in [-0.3, -0.25) is 9.59 Å². The summed E-state index contributed by atoms with van der Waals surface area (Å²) in [6.45, 7) is 5.67. The minimum Gasteiger partial charge on any atom is -0.445 e. The minimum atomic E-state index is -1.78. The van der Waals surface area contributed by atoms with Crippen molar-refractivity contribution in [2.24, 2.45) is 5.92 Å². The maximum atomic E-state index is 13.0. The average Bonchev–Trinajstić information content (AvgIpc) is 2.88. The van der Waals surface area contributed by atoms with E-state index in [-0.39, 0.29) is 19.1 Å². The fraction of sp³-hybridized carbons (Fsp3) is 0.444. The Morgan fingerprint density at radius 1 is 0.946 bits per heavy atom. The van der Waals surface area contributed by atoms with Crippen molar-refractivity contribution in [3.8, 4) is 0 Å². The smallest absolute Gasteiger partial charge is 0.445 e. The highest BCUT2D eigenvalue weighted by molar-refractivity contribution is 6.43. The first kappa shape index (κ1) is 29.9. The van der Waals surface area contributed by atoms with Gasteiger partial charge in [0.05, 0.1) is 12.5 Å². The molecule has 200 valence electrons. The van der Waals surface area contributed by atoms with Crippen molar-refractivity contribution >= 4 is 25.0 Å². The van der Waals surface area contributed by atoms with Gasteiger partial charge in [0.15, 0.2) is 0 Å². The summed E-state index contributed by atoms with van der Waals surface area (Å²) in [6, 6.07) is 15.1. The van der Waals surface area contributed by atoms with Crippen molar-refractivity contribution in [3.05, 3.63) is 71.3 Å². The highest BCUT2D eigenvalue weighted by Gasteiger charge is 2.30. The SMILES string of the molecule is CCCCc1ccc(C(=O)N[C@@H](CNC(=O)OCc2ccccc2)C(=O)N[C@@H](CC(C)C)B(O)O)cc1. The van der Waals surface area contributed by atoms with Crippen LogP contribution in [0.15, 0.2) is 54.6 Å². The van der Waals surface area contributed by atoms with Crippen LogP contribution in [0.5, 0.6) is 0 Å². The Hall–Kier alpha value is -3.37. The Morgan fingerprint density at radius 3 is 2.22 bits per heavy atom. The third-order valence-corrected chi connectivity index (χ3v) is 5.73. The molecule has 0 saturated heterocycles. The van der Waals surface area contributed by atoms with E-state index >= 15 is 0 Å². The van der Waals surface area contributed by atoms with Crippen molar-refractivity contribution in [2.75, 3.05) is 6.54 Å². The number of carbonyl (C=O) groups excluding carboxylic acids is 3.